The zero-order valence-corrected chi connectivity index (χ0v) is 19.3. The van der Waals surface area contributed by atoms with Crippen molar-refractivity contribution in [3.63, 3.8) is 0 Å². The van der Waals surface area contributed by atoms with Gasteiger partial charge in [0.05, 0.1) is 13.7 Å². The maximum atomic E-state index is 11.9. The molecule has 0 atom stereocenters. The Morgan fingerprint density at radius 3 is 2.09 bits per heavy atom. The highest BCUT2D eigenvalue weighted by molar-refractivity contribution is 5.43. The lowest BCUT2D eigenvalue weighted by Crippen LogP contribution is -2.28. The lowest BCUT2D eigenvalue weighted by Gasteiger charge is -2.27. The fourth-order valence-corrected chi connectivity index (χ4v) is 4.25. The van der Waals surface area contributed by atoms with Crippen LogP contribution in [-0.4, -0.2) is 23.7 Å². The van der Waals surface area contributed by atoms with Gasteiger partial charge in [0.2, 0.25) is 0 Å². The van der Waals surface area contributed by atoms with Crippen LogP contribution in [0.1, 0.15) is 41.6 Å². The standard InChI is InChI=1S/C29H31NO3/c1-3-19-30(21-23-11-10-16-26(20-23)32-2)22-27-17-18-28(33-27)29(31,24-12-6-4-7-13-24)25-14-8-5-9-15-25/h4-18,20,31H,3,19,21-22H2,1-2H3. The summed E-state index contributed by atoms with van der Waals surface area (Å²) in [4.78, 5) is 2.35. The Morgan fingerprint density at radius 1 is 0.818 bits per heavy atom. The van der Waals surface area contributed by atoms with Crippen molar-refractivity contribution in [1.82, 2.24) is 4.90 Å². The van der Waals surface area contributed by atoms with Crippen molar-refractivity contribution in [1.29, 1.82) is 0 Å². The van der Waals surface area contributed by atoms with Gasteiger partial charge in [-0.05, 0) is 53.9 Å². The maximum absolute atomic E-state index is 11.9. The Hall–Kier alpha value is -3.34. The van der Waals surface area contributed by atoms with Crippen LogP contribution in [0.2, 0.25) is 0 Å². The van der Waals surface area contributed by atoms with Gasteiger partial charge in [-0.1, -0.05) is 79.7 Å². The molecule has 4 nitrogen and oxygen atoms in total. The highest BCUT2D eigenvalue weighted by Gasteiger charge is 2.37. The molecule has 0 aliphatic rings. The van der Waals surface area contributed by atoms with E-state index in [-0.39, 0.29) is 0 Å². The summed E-state index contributed by atoms with van der Waals surface area (Å²) >= 11 is 0. The Bertz CT molecular complexity index is 1100. The smallest absolute Gasteiger partial charge is 0.173 e. The molecule has 0 spiro atoms. The molecule has 0 saturated heterocycles. The average molecular weight is 442 g/mol. The second-order valence-corrected chi connectivity index (χ2v) is 8.27. The molecule has 0 aliphatic carbocycles. The molecule has 170 valence electrons. The number of furan rings is 1. The predicted molar refractivity (Wildman–Crippen MR) is 131 cm³/mol. The van der Waals surface area contributed by atoms with E-state index in [1.807, 2.05) is 84.9 Å². The fourth-order valence-electron chi connectivity index (χ4n) is 4.25. The minimum Gasteiger partial charge on any atom is -0.497 e. The third-order valence-electron chi connectivity index (χ3n) is 5.86. The molecule has 0 fully saturated rings. The Kier molecular flexibility index (Phi) is 7.28. The highest BCUT2D eigenvalue weighted by atomic mass is 16.5. The van der Waals surface area contributed by atoms with Gasteiger partial charge in [0.15, 0.2) is 5.60 Å². The van der Waals surface area contributed by atoms with Gasteiger partial charge in [0.1, 0.15) is 17.3 Å². The summed E-state index contributed by atoms with van der Waals surface area (Å²) < 4.78 is 11.7. The van der Waals surface area contributed by atoms with Crippen molar-refractivity contribution in [3.05, 3.63) is 125 Å². The first-order valence-corrected chi connectivity index (χ1v) is 11.4. The van der Waals surface area contributed by atoms with Gasteiger partial charge in [-0.3, -0.25) is 4.90 Å². The number of nitrogens with zero attached hydrogens (tertiary/aromatic N) is 1. The molecule has 4 rings (SSSR count). The number of benzene rings is 3. The molecular formula is C29H31NO3. The summed E-state index contributed by atoms with van der Waals surface area (Å²) in [7, 11) is 1.69. The van der Waals surface area contributed by atoms with E-state index in [0.29, 0.717) is 12.3 Å². The number of ether oxygens (including phenoxy) is 1. The number of hydrogen-bond acceptors (Lipinski definition) is 4. The maximum Gasteiger partial charge on any atom is 0.173 e. The van der Waals surface area contributed by atoms with Gasteiger partial charge in [-0.2, -0.15) is 0 Å². The van der Waals surface area contributed by atoms with Gasteiger partial charge in [-0.15, -0.1) is 0 Å². The molecule has 3 aromatic carbocycles. The summed E-state index contributed by atoms with van der Waals surface area (Å²) in [6, 6.07) is 31.4. The van der Waals surface area contributed by atoms with Gasteiger partial charge in [0, 0.05) is 6.54 Å². The quantitative estimate of drug-likeness (QED) is 0.329. The van der Waals surface area contributed by atoms with Crippen molar-refractivity contribution >= 4 is 0 Å². The van der Waals surface area contributed by atoms with Crippen molar-refractivity contribution in [2.24, 2.45) is 0 Å². The molecule has 0 unspecified atom stereocenters. The van der Waals surface area contributed by atoms with Crippen molar-refractivity contribution in [2.75, 3.05) is 13.7 Å². The zero-order chi connectivity index (χ0) is 23.1. The van der Waals surface area contributed by atoms with Crippen LogP contribution >= 0.6 is 0 Å². The summed E-state index contributed by atoms with van der Waals surface area (Å²) in [5, 5.41) is 11.9. The lowest BCUT2D eigenvalue weighted by atomic mass is 9.84. The summed E-state index contributed by atoms with van der Waals surface area (Å²) in [5.41, 5.74) is 1.39. The average Bonchev–Trinajstić information content (AvgIpc) is 3.34. The Morgan fingerprint density at radius 2 is 1.48 bits per heavy atom. The number of rotatable bonds is 10. The second kappa shape index (κ2) is 10.5. The minimum atomic E-state index is -1.36. The molecule has 0 saturated carbocycles. The van der Waals surface area contributed by atoms with Crippen LogP contribution in [0.15, 0.2) is 101 Å². The SMILES string of the molecule is CCCN(Cc1cccc(OC)c1)Cc1ccc(C(O)(c2ccccc2)c2ccccc2)o1. The van der Waals surface area contributed by atoms with Gasteiger partial charge in [-0.25, -0.2) is 0 Å². The van der Waals surface area contributed by atoms with E-state index in [9.17, 15) is 5.11 Å². The fraction of sp³-hybridized carbons (Fsp3) is 0.241. The molecule has 0 amide bonds. The van der Waals surface area contributed by atoms with E-state index in [4.69, 9.17) is 9.15 Å². The van der Waals surface area contributed by atoms with Crippen molar-refractivity contribution < 1.29 is 14.3 Å². The van der Waals surface area contributed by atoms with Crippen LogP contribution in [0.5, 0.6) is 5.75 Å². The summed E-state index contributed by atoms with van der Waals surface area (Å²) in [5.74, 6) is 2.21. The highest BCUT2D eigenvalue weighted by Crippen LogP contribution is 2.37. The molecule has 4 heteroatoms. The third-order valence-corrected chi connectivity index (χ3v) is 5.86. The molecule has 1 aromatic heterocycles. The van der Waals surface area contributed by atoms with Gasteiger partial charge >= 0.3 is 0 Å². The molecule has 33 heavy (non-hydrogen) atoms. The molecule has 0 radical (unpaired) electrons. The van der Waals surface area contributed by atoms with Crippen LogP contribution in [0.4, 0.5) is 0 Å². The van der Waals surface area contributed by atoms with Crippen LogP contribution in [-0.2, 0) is 18.7 Å². The normalized spacial score (nSPS) is 11.6. The first-order valence-electron chi connectivity index (χ1n) is 11.4. The van der Waals surface area contributed by atoms with Crippen LogP contribution in [0.3, 0.4) is 0 Å². The zero-order valence-electron chi connectivity index (χ0n) is 19.3. The monoisotopic (exact) mass is 441 g/mol. The molecule has 1 N–H and O–H groups in total. The third kappa shape index (κ3) is 5.19. The topological polar surface area (TPSA) is 45.8 Å². The molecule has 4 aromatic rings. The molecule has 1 heterocycles. The van der Waals surface area contributed by atoms with Crippen LogP contribution in [0.25, 0.3) is 0 Å². The largest absolute Gasteiger partial charge is 0.497 e. The van der Waals surface area contributed by atoms with Crippen molar-refractivity contribution in [2.45, 2.75) is 32.0 Å². The Labute approximate surface area is 196 Å². The lowest BCUT2D eigenvalue weighted by molar-refractivity contribution is 0.0952. The molecule has 0 aliphatic heterocycles. The predicted octanol–water partition coefficient (Wildman–Crippen LogP) is 5.98. The Balaban J connectivity index is 1.61. The van der Waals surface area contributed by atoms with Crippen LogP contribution < -0.4 is 4.74 Å². The van der Waals surface area contributed by atoms with E-state index < -0.39 is 5.60 Å². The van der Waals surface area contributed by atoms with Gasteiger partial charge < -0.3 is 14.3 Å². The number of methoxy groups -OCH3 is 1. The summed E-state index contributed by atoms with van der Waals surface area (Å²) in [6.45, 7) is 4.57. The van der Waals surface area contributed by atoms with E-state index >= 15 is 0 Å². The van der Waals surface area contributed by atoms with Gasteiger partial charge in [0.25, 0.3) is 0 Å². The molecule has 0 bridgehead atoms. The first kappa shape index (κ1) is 22.8. The summed E-state index contributed by atoms with van der Waals surface area (Å²) in [6.07, 6.45) is 1.04. The number of aliphatic hydroxyl groups is 1. The van der Waals surface area contributed by atoms with Crippen LogP contribution in [0, 0.1) is 0 Å². The number of hydrogen-bond donors (Lipinski definition) is 1. The van der Waals surface area contributed by atoms with E-state index in [1.54, 1.807) is 7.11 Å². The van der Waals surface area contributed by atoms with E-state index in [2.05, 4.69) is 24.0 Å². The second-order valence-electron chi connectivity index (χ2n) is 8.27. The van der Waals surface area contributed by atoms with E-state index in [0.717, 1.165) is 42.1 Å². The minimum absolute atomic E-state index is 0.521. The van der Waals surface area contributed by atoms with Crippen molar-refractivity contribution in [3.8, 4) is 5.75 Å². The molecular weight excluding hydrogens is 410 g/mol. The van der Waals surface area contributed by atoms with E-state index in [1.165, 1.54) is 5.56 Å². The first-order chi connectivity index (χ1) is 16.1.